The molecule has 2 rings (SSSR count). The molecule has 1 unspecified atom stereocenters. The van der Waals surface area contributed by atoms with Crippen LogP contribution in [0.2, 0.25) is 0 Å². The zero-order chi connectivity index (χ0) is 14.5. The molecular formula is C16H20BrNO2. The second-order valence-electron chi connectivity index (χ2n) is 4.74. The van der Waals surface area contributed by atoms with Crippen LogP contribution in [0, 0.1) is 6.92 Å². The molecule has 0 saturated carbocycles. The highest BCUT2D eigenvalue weighted by Gasteiger charge is 2.17. The van der Waals surface area contributed by atoms with Crippen LogP contribution in [0.25, 0.3) is 0 Å². The lowest BCUT2D eigenvalue weighted by Crippen LogP contribution is -2.21. The van der Waals surface area contributed by atoms with Gasteiger partial charge in [-0.15, -0.1) is 0 Å². The number of hydrogen-bond donors (Lipinski definition) is 1. The molecule has 108 valence electrons. The number of hydrogen-bond acceptors (Lipinski definition) is 3. The Labute approximate surface area is 128 Å². The van der Waals surface area contributed by atoms with Crippen molar-refractivity contribution in [2.24, 2.45) is 0 Å². The highest BCUT2D eigenvalue weighted by molar-refractivity contribution is 9.10. The summed E-state index contributed by atoms with van der Waals surface area (Å²) in [6.45, 7) is 5.56. The molecule has 0 radical (unpaired) electrons. The van der Waals surface area contributed by atoms with Crippen molar-refractivity contribution in [3.63, 3.8) is 0 Å². The van der Waals surface area contributed by atoms with Crippen molar-refractivity contribution >= 4 is 15.9 Å². The zero-order valence-corrected chi connectivity index (χ0v) is 13.7. The summed E-state index contributed by atoms with van der Waals surface area (Å²) in [6, 6.07) is 10.4. The van der Waals surface area contributed by atoms with Crippen LogP contribution in [0.1, 0.15) is 35.6 Å². The van der Waals surface area contributed by atoms with Gasteiger partial charge in [-0.2, -0.15) is 0 Å². The molecule has 1 atom stereocenters. The first-order valence-electron chi connectivity index (χ1n) is 6.72. The first-order valence-corrected chi connectivity index (χ1v) is 7.52. The molecule has 0 spiro atoms. The van der Waals surface area contributed by atoms with E-state index in [2.05, 4.69) is 53.3 Å². The van der Waals surface area contributed by atoms with Gasteiger partial charge in [0, 0.05) is 11.6 Å². The number of ether oxygens (including phenoxy) is 1. The van der Waals surface area contributed by atoms with Gasteiger partial charge in [-0.1, -0.05) is 35.0 Å². The Hall–Kier alpha value is -1.10. The van der Waals surface area contributed by atoms with Crippen molar-refractivity contribution in [2.45, 2.75) is 26.5 Å². The number of nitrogens with one attached hydrogen (secondary N) is 1. The summed E-state index contributed by atoms with van der Waals surface area (Å²) in [6.07, 6.45) is 0. The largest absolute Gasteiger partial charge is 0.462 e. The second-order valence-corrected chi connectivity index (χ2v) is 5.59. The molecule has 0 fully saturated rings. The third-order valence-corrected chi connectivity index (χ3v) is 4.07. The highest BCUT2D eigenvalue weighted by atomic mass is 79.9. The van der Waals surface area contributed by atoms with Gasteiger partial charge in [-0.05, 0) is 42.8 Å². The minimum absolute atomic E-state index is 0.0670. The summed E-state index contributed by atoms with van der Waals surface area (Å²) < 4.78 is 12.1. The molecule has 0 amide bonds. The first kappa shape index (κ1) is 15.3. The Morgan fingerprint density at radius 1 is 1.30 bits per heavy atom. The molecule has 0 bridgehead atoms. The van der Waals surface area contributed by atoms with E-state index in [1.54, 1.807) is 7.11 Å². The average molecular weight is 338 g/mol. The van der Waals surface area contributed by atoms with Gasteiger partial charge in [-0.25, -0.2) is 0 Å². The lowest BCUT2D eigenvalue weighted by molar-refractivity contribution is 0.162. The van der Waals surface area contributed by atoms with E-state index in [0.29, 0.717) is 6.61 Å². The van der Waals surface area contributed by atoms with E-state index in [9.17, 15) is 0 Å². The van der Waals surface area contributed by atoms with Crippen LogP contribution < -0.4 is 5.32 Å². The van der Waals surface area contributed by atoms with Gasteiger partial charge in [0.1, 0.15) is 18.1 Å². The van der Waals surface area contributed by atoms with Gasteiger partial charge in [0.25, 0.3) is 0 Å². The molecule has 1 N–H and O–H groups in total. The maximum absolute atomic E-state index is 5.86. The normalized spacial score (nSPS) is 12.6. The number of furan rings is 1. The molecule has 0 aliphatic rings. The fraction of sp³-hybridized carbons (Fsp3) is 0.375. The van der Waals surface area contributed by atoms with Crippen molar-refractivity contribution in [1.82, 2.24) is 5.32 Å². The van der Waals surface area contributed by atoms with E-state index in [0.717, 1.165) is 22.5 Å². The standard InChI is InChI=1S/C16H20BrNO2/c1-4-18-16(12-5-7-14(17)11(2)9-12)15-8-6-13(20-15)10-19-3/h5-9,16,18H,4,10H2,1-3H3. The van der Waals surface area contributed by atoms with Crippen LogP contribution in [-0.4, -0.2) is 13.7 Å². The Kier molecular flexibility index (Phi) is 5.40. The molecule has 0 aliphatic heterocycles. The SMILES string of the molecule is CCNC(c1ccc(Br)c(C)c1)c1ccc(COC)o1. The Morgan fingerprint density at radius 3 is 2.75 bits per heavy atom. The molecule has 1 aromatic carbocycles. The predicted molar refractivity (Wildman–Crippen MR) is 83.8 cm³/mol. The molecule has 0 saturated heterocycles. The number of methoxy groups -OCH3 is 1. The number of halogens is 1. The maximum atomic E-state index is 5.86. The van der Waals surface area contributed by atoms with E-state index >= 15 is 0 Å². The van der Waals surface area contributed by atoms with Gasteiger partial charge < -0.3 is 14.5 Å². The fourth-order valence-electron chi connectivity index (χ4n) is 2.20. The van der Waals surface area contributed by atoms with E-state index in [4.69, 9.17) is 9.15 Å². The summed E-state index contributed by atoms with van der Waals surface area (Å²) in [4.78, 5) is 0. The van der Waals surface area contributed by atoms with Crippen LogP contribution in [-0.2, 0) is 11.3 Å². The van der Waals surface area contributed by atoms with E-state index in [1.165, 1.54) is 11.1 Å². The lowest BCUT2D eigenvalue weighted by Gasteiger charge is -2.17. The molecule has 2 aromatic rings. The van der Waals surface area contributed by atoms with Crippen LogP contribution in [0.15, 0.2) is 39.2 Å². The van der Waals surface area contributed by atoms with E-state index in [-0.39, 0.29) is 6.04 Å². The zero-order valence-electron chi connectivity index (χ0n) is 12.1. The summed E-state index contributed by atoms with van der Waals surface area (Å²) in [5.41, 5.74) is 2.42. The second kappa shape index (κ2) is 7.07. The van der Waals surface area contributed by atoms with Crippen molar-refractivity contribution in [3.8, 4) is 0 Å². The van der Waals surface area contributed by atoms with Crippen LogP contribution in [0.4, 0.5) is 0 Å². The predicted octanol–water partition coefficient (Wildman–Crippen LogP) is 4.20. The molecule has 1 heterocycles. The Balaban J connectivity index is 2.31. The number of rotatable bonds is 6. The van der Waals surface area contributed by atoms with Crippen molar-refractivity contribution in [2.75, 3.05) is 13.7 Å². The van der Waals surface area contributed by atoms with Gasteiger partial charge in [0.2, 0.25) is 0 Å². The van der Waals surface area contributed by atoms with Gasteiger partial charge in [-0.3, -0.25) is 0 Å². The van der Waals surface area contributed by atoms with Crippen LogP contribution in [0.3, 0.4) is 0 Å². The smallest absolute Gasteiger partial charge is 0.129 e. The monoisotopic (exact) mass is 337 g/mol. The third kappa shape index (κ3) is 3.51. The van der Waals surface area contributed by atoms with Gasteiger partial charge >= 0.3 is 0 Å². The topological polar surface area (TPSA) is 34.4 Å². The van der Waals surface area contributed by atoms with E-state index < -0.39 is 0 Å². The minimum atomic E-state index is 0.0670. The summed E-state index contributed by atoms with van der Waals surface area (Å²) in [7, 11) is 1.67. The summed E-state index contributed by atoms with van der Waals surface area (Å²) >= 11 is 3.54. The van der Waals surface area contributed by atoms with Crippen LogP contribution in [0.5, 0.6) is 0 Å². The first-order chi connectivity index (χ1) is 9.65. The fourth-order valence-corrected chi connectivity index (χ4v) is 2.45. The highest BCUT2D eigenvalue weighted by Crippen LogP contribution is 2.27. The van der Waals surface area contributed by atoms with Crippen LogP contribution >= 0.6 is 15.9 Å². The third-order valence-electron chi connectivity index (χ3n) is 3.18. The Morgan fingerprint density at radius 2 is 2.10 bits per heavy atom. The molecule has 4 heteroatoms. The summed E-state index contributed by atoms with van der Waals surface area (Å²) in [5, 5.41) is 3.47. The molecule has 1 aromatic heterocycles. The minimum Gasteiger partial charge on any atom is -0.462 e. The number of aryl methyl sites for hydroxylation is 1. The van der Waals surface area contributed by atoms with E-state index in [1.807, 2.05) is 12.1 Å². The molecular weight excluding hydrogens is 318 g/mol. The number of benzene rings is 1. The lowest BCUT2D eigenvalue weighted by atomic mass is 10.0. The maximum Gasteiger partial charge on any atom is 0.129 e. The van der Waals surface area contributed by atoms with Crippen molar-refractivity contribution < 1.29 is 9.15 Å². The quantitative estimate of drug-likeness (QED) is 0.857. The molecule has 3 nitrogen and oxygen atoms in total. The Bertz CT molecular complexity index is 565. The van der Waals surface area contributed by atoms with Gasteiger partial charge in [0.05, 0.1) is 6.04 Å². The average Bonchev–Trinajstić information content (AvgIpc) is 2.88. The molecule has 0 aliphatic carbocycles. The summed E-state index contributed by atoms with van der Waals surface area (Å²) in [5.74, 6) is 1.76. The van der Waals surface area contributed by atoms with Crippen molar-refractivity contribution in [3.05, 3.63) is 57.5 Å². The molecule has 20 heavy (non-hydrogen) atoms. The van der Waals surface area contributed by atoms with Crippen molar-refractivity contribution in [1.29, 1.82) is 0 Å². The van der Waals surface area contributed by atoms with Gasteiger partial charge in [0.15, 0.2) is 0 Å².